The van der Waals surface area contributed by atoms with Crippen LogP contribution in [0.15, 0.2) is 18.2 Å². The smallest absolute Gasteiger partial charge is 0.126 e. The number of rotatable bonds is 3. The van der Waals surface area contributed by atoms with Crippen molar-refractivity contribution in [2.24, 2.45) is 5.92 Å². The van der Waals surface area contributed by atoms with Gasteiger partial charge in [-0.25, -0.2) is 4.39 Å². The summed E-state index contributed by atoms with van der Waals surface area (Å²) in [7, 11) is 0. The highest BCUT2D eigenvalue weighted by Crippen LogP contribution is 2.47. The SMILES string of the molecule is CCC(O)(c1ccc(F)c(C)c1)C1CC1. The minimum Gasteiger partial charge on any atom is -0.385 e. The summed E-state index contributed by atoms with van der Waals surface area (Å²) in [5, 5.41) is 10.5. The van der Waals surface area contributed by atoms with Gasteiger partial charge in [0, 0.05) is 0 Å². The van der Waals surface area contributed by atoms with Gasteiger partial charge in [0.05, 0.1) is 5.60 Å². The van der Waals surface area contributed by atoms with Crippen LogP contribution in [-0.2, 0) is 5.60 Å². The van der Waals surface area contributed by atoms with E-state index in [1.807, 2.05) is 6.92 Å². The van der Waals surface area contributed by atoms with Gasteiger partial charge in [0.25, 0.3) is 0 Å². The first kappa shape index (κ1) is 10.6. The molecule has 0 aliphatic heterocycles. The quantitative estimate of drug-likeness (QED) is 0.809. The van der Waals surface area contributed by atoms with Crippen LogP contribution >= 0.6 is 0 Å². The third kappa shape index (κ3) is 1.78. The Balaban J connectivity index is 2.38. The molecule has 1 nitrogen and oxygen atoms in total. The third-order valence-electron chi connectivity index (χ3n) is 3.45. The van der Waals surface area contributed by atoms with E-state index in [-0.39, 0.29) is 5.82 Å². The molecule has 1 fully saturated rings. The summed E-state index contributed by atoms with van der Waals surface area (Å²) in [5.41, 5.74) is 0.741. The van der Waals surface area contributed by atoms with Gasteiger partial charge < -0.3 is 5.11 Å². The zero-order valence-corrected chi connectivity index (χ0v) is 9.26. The maximum absolute atomic E-state index is 13.1. The molecule has 82 valence electrons. The average Bonchev–Trinajstić information content (AvgIpc) is 3.04. The molecule has 1 aliphatic carbocycles. The summed E-state index contributed by atoms with van der Waals surface area (Å²) in [5.74, 6) is 0.167. The molecule has 0 radical (unpaired) electrons. The van der Waals surface area contributed by atoms with Crippen LogP contribution in [0.25, 0.3) is 0 Å². The van der Waals surface area contributed by atoms with Crippen LogP contribution in [0.1, 0.15) is 37.3 Å². The fraction of sp³-hybridized carbons (Fsp3) is 0.538. The van der Waals surface area contributed by atoms with E-state index in [4.69, 9.17) is 0 Å². The van der Waals surface area contributed by atoms with Gasteiger partial charge in [-0.1, -0.05) is 19.1 Å². The predicted molar refractivity (Wildman–Crippen MR) is 58.0 cm³/mol. The minimum atomic E-state index is -0.738. The molecule has 1 aliphatic rings. The first-order chi connectivity index (χ1) is 7.08. The van der Waals surface area contributed by atoms with E-state index < -0.39 is 5.60 Å². The first-order valence-corrected chi connectivity index (χ1v) is 5.57. The molecule has 0 saturated heterocycles. The zero-order chi connectivity index (χ0) is 11.1. The molecule has 2 rings (SSSR count). The molecule has 15 heavy (non-hydrogen) atoms. The Labute approximate surface area is 89.9 Å². The molecule has 1 unspecified atom stereocenters. The Morgan fingerprint density at radius 2 is 2.13 bits per heavy atom. The van der Waals surface area contributed by atoms with Gasteiger partial charge >= 0.3 is 0 Å². The van der Waals surface area contributed by atoms with Crippen molar-refractivity contribution in [2.75, 3.05) is 0 Å². The predicted octanol–water partition coefficient (Wildman–Crippen LogP) is 3.14. The molecule has 1 aromatic carbocycles. The van der Waals surface area contributed by atoms with E-state index in [1.54, 1.807) is 19.1 Å². The topological polar surface area (TPSA) is 20.2 Å². The summed E-state index contributed by atoms with van der Waals surface area (Å²) in [6.07, 6.45) is 2.87. The van der Waals surface area contributed by atoms with Crippen LogP contribution in [0.3, 0.4) is 0 Å². The zero-order valence-electron chi connectivity index (χ0n) is 9.26. The van der Waals surface area contributed by atoms with Gasteiger partial charge in [-0.2, -0.15) is 0 Å². The molecule has 0 aromatic heterocycles. The second kappa shape index (κ2) is 3.60. The maximum Gasteiger partial charge on any atom is 0.126 e. The summed E-state index contributed by atoms with van der Waals surface area (Å²) < 4.78 is 13.1. The summed E-state index contributed by atoms with van der Waals surface area (Å²) in [4.78, 5) is 0. The molecule has 2 heteroatoms. The number of halogens is 1. The van der Waals surface area contributed by atoms with E-state index >= 15 is 0 Å². The molecule has 1 aromatic rings. The van der Waals surface area contributed by atoms with E-state index in [0.717, 1.165) is 18.4 Å². The van der Waals surface area contributed by atoms with Crippen molar-refractivity contribution in [3.8, 4) is 0 Å². The highest BCUT2D eigenvalue weighted by molar-refractivity contribution is 5.30. The van der Waals surface area contributed by atoms with Gasteiger partial charge in [-0.15, -0.1) is 0 Å². The highest BCUT2D eigenvalue weighted by Gasteiger charge is 2.43. The van der Waals surface area contributed by atoms with Gasteiger partial charge in [0.2, 0.25) is 0 Å². The largest absolute Gasteiger partial charge is 0.385 e. The van der Waals surface area contributed by atoms with Crippen LogP contribution in [0, 0.1) is 18.7 Å². The third-order valence-corrected chi connectivity index (χ3v) is 3.45. The standard InChI is InChI=1S/C13H17FO/c1-3-13(15,10-4-5-10)11-6-7-12(14)9(2)8-11/h6-8,10,15H,3-5H2,1-2H3. The second-order valence-electron chi connectivity index (χ2n) is 4.52. The number of hydrogen-bond acceptors (Lipinski definition) is 1. The molecule has 0 heterocycles. The van der Waals surface area contributed by atoms with Crippen LogP contribution < -0.4 is 0 Å². The first-order valence-electron chi connectivity index (χ1n) is 5.57. The summed E-state index contributed by atoms with van der Waals surface area (Å²) in [6.45, 7) is 3.72. The Kier molecular flexibility index (Phi) is 2.55. The highest BCUT2D eigenvalue weighted by atomic mass is 19.1. The van der Waals surface area contributed by atoms with E-state index in [9.17, 15) is 9.50 Å². The van der Waals surface area contributed by atoms with Crippen LogP contribution in [0.2, 0.25) is 0 Å². The van der Waals surface area contributed by atoms with Crippen molar-refractivity contribution in [2.45, 2.75) is 38.7 Å². The molecular weight excluding hydrogens is 191 g/mol. The summed E-state index contributed by atoms with van der Waals surface area (Å²) >= 11 is 0. The van der Waals surface area contributed by atoms with E-state index in [1.165, 1.54) is 6.07 Å². The number of aliphatic hydroxyl groups is 1. The Bertz CT molecular complexity index is 371. The molecule has 0 spiro atoms. The maximum atomic E-state index is 13.1. The van der Waals surface area contributed by atoms with Crippen molar-refractivity contribution in [3.05, 3.63) is 35.1 Å². The summed E-state index contributed by atoms with van der Waals surface area (Å²) in [6, 6.07) is 4.94. The molecule has 1 saturated carbocycles. The molecule has 1 atom stereocenters. The van der Waals surface area contributed by atoms with Crippen molar-refractivity contribution in [1.82, 2.24) is 0 Å². The van der Waals surface area contributed by atoms with Crippen LogP contribution in [0.5, 0.6) is 0 Å². The monoisotopic (exact) mass is 208 g/mol. The molecule has 0 amide bonds. The lowest BCUT2D eigenvalue weighted by Gasteiger charge is -2.27. The van der Waals surface area contributed by atoms with E-state index in [2.05, 4.69) is 0 Å². The minimum absolute atomic E-state index is 0.201. The lowest BCUT2D eigenvalue weighted by Crippen LogP contribution is -2.27. The Hall–Kier alpha value is -0.890. The van der Waals surface area contributed by atoms with Crippen molar-refractivity contribution < 1.29 is 9.50 Å². The van der Waals surface area contributed by atoms with Crippen LogP contribution in [0.4, 0.5) is 4.39 Å². The van der Waals surface area contributed by atoms with Crippen molar-refractivity contribution in [1.29, 1.82) is 0 Å². The van der Waals surface area contributed by atoms with Crippen LogP contribution in [-0.4, -0.2) is 5.11 Å². The van der Waals surface area contributed by atoms with Crippen molar-refractivity contribution >= 4 is 0 Å². The average molecular weight is 208 g/mol. The molecule has 1 N–H and O–H groups in total. The Morgan fingerprint density at radius 1 is 1.47 bits per heavy atom. The van der Waals surface area contributed by atoms with E-state index in [0.29, 0.717) is 17.9 Å². The number of benzene rings is 1. The van der Waals surface area contributed by atoms with Gasteiger partial charge in [-0.05, 0) is 49.3 Å². The normalized spacial score (nSPS) is 20.0. The van der Waals surface area contributed by atoms with Crippen molar-refractivity contribution in [3.63, 3.8) is 0 Å². The number of aryl methyl sites for hydroxylation is 1. The molecule has 0 bridgehead atoms. The molecular formula is C13H17FO. The lowest BCUT2D eigenvalue weighted by molar-refractivity contribution is 0.00879. The van der Waals surface area contributed by atoms with Gasteiger partial charge in [-0.3, -0.25) is 0 Å². The fourth-order valence-corrected chi connectivity index (χ4v) is 2.20. The fourth-order valence-electron chi connectivity index (χ4n) is 2.20. The second-order valence-corrected chi connectivity index (χ2v) is 4.52. The lowest BCUT2D eigenvalue weighted by atomic mass is 9.85. The van der Waals surface area contributed by atoms with Gasteiger partial charge in [0.15, 0.2) is 0 Å². The van der Waals surface area contributed by atoms with Gasteiger partial charge in [0.1, 0.15) is 5.82 Å². The Morgan fingerprint density at radius 3 is 2.60 bits per heavy atom. The number of hydrogen-bond donors (Lipinski definition) is 1.